The Morgan fingerprint density at radius 2 is 1.58 bits per heavy atom. The number of pyridine rings is 1. The summed E-state index contributed by atoms with van der Waals surface area (Å²) in [7, 11) is 0. The van der Waals surface area contributed by atoms with Crippen molar-refractivity contribution in [3.05, 3.63) is 134 Å². The number of halogens is 2. The van der Waals surface area contributed by atoms with E-state index in [9.17, 15) is 19.1 Å². The van der Waals surface area contributed by atoms with Crippen LogP contribution in [0, 0.1) is 11.7 Å². The van der Waals surface area contributed by atoms with E-state index < -0.39 is 28.4 Å². The van der Waals surface area contributed by atoms with Crippen molar-refractivity contribution in [2.24, 2.45) is 5.92 Å². The van der Waals surface area contributed by atoms with Gasteiger partial charge in [-0.3, -0.25) is 19.3 Å². The van der Waals surface area contributed by atoms with Crippen molar-refractivity contribution in [1.82, 2.24) is 9.58 Å². The molecule has 4 aromatic rings. The number of carbonyl (C=O) groups is 1. The third kappa shape index (κ3) is 2.99. The van der Waals surface area contributed by atoms with Gasteiger partial charge in [0.25, 0.3) is 5.91 Å². The van der Waals surface area contributed by atoms with E-state index in [4.69, 9.17) is 11.6 Å². The molecule has 0 unspecified atom stereocenters. The van der Waals surface area contributed by atoms with Crippen LogP contribution in [0.5, 0.6) is 5.75 Å². The van der Waals surface area contributed by atoms with Crippen molar-refractivity contribution >= 4 is 17.5 Å². The Bertz CT molecular complexity index is 1650. The maximum atomic E-state index is 14.9. The molecule has 190 valence electrons. The minimum atomic E-state index is -0.657. The maximum absolute atomic E-state index is 14.9. The highest BCUT2D eigenvalue weighted by Gasteiger charge is 2.58. The smallest absolute Gasteiger partial charge is 0.278 e. The summed E-state index contributed by atoms with van der Waals surface area (Å²) in [4.78, 5) is 27.7. The quantitative estimate of drug-likeness (QED) is 0.424. The number of benzene rings is 3. The van der Waals surface area contributed by atoms with Crippen molar-refractivity contribution in [2.75, 3.05) is 11.7 Å². The van der Waals surface area contributed by atoms with Crippen LogP contribution in [0.4, 0.5) is 4.39 Å². The van der Waals surface area contributed by atoms with E-state index in [1.807, 2.05) is 24.3 Å². The zero-order valence-corrected chi connectivity index (χ0v) is 21.0. The summed E-state index contributed by atoms with van der Waals surface area (Å²) in [5, 5.41) is 12.9. The summed E-state index contributed by atoms with van der Waals surface area (Å²) in [5.41, 5.74) is 3.52. The van der Waals surface area contributed by atoms with Gasteiger partial charge in [0, 0.05) is 23.7 Å². The number of aromatic nitrogens is 1. The second kappa shape index (κ2) is 8.20. The highest BCUT2D eigenvalue weighted by Crippen LogP contribution is 2.56. The molecule has 0 atom stereocenters. The minimum absolute atomic E-state index is 0.0311. The van der Waals surface area contributed by atoms with Crippen LogP contribution in [0.15, 0.2) is 83.8 Å². The predicted molar refractivity (Wildman–Crippen MR) is 141 cm³/mol. The number of fused-ring (bicyclic) bond motifs is 6. The van der Waals surface area contributed by atoms with Gasteiger partial charge in [-0.25, -0.2) is 4.39 Å². The lowest BCUT2D eigenvalue weighted by Gasteiger charge is -2.50. The molecule has 2 aliphatic carbocycles. The molecule has 2 heterocycles. The zero-order valence-electron chi connectivity index (χ0n) is 20.3. The third-order valence-electron chi connectivity index (χ3n) is 8.29. The van der Waals surface area contributed by atoms with Gasteiger partial charge >= 0.3 is 0 Å². The van der Waals surface area contributed by atoms with Gasteiger partial charge in [0.1, 0.15) is 18.0 Å². The lowest BCUT2D eigenvalue weighted by atomic mass is 9.81. The fourth-order valence-corrected chi connectivity index (χ4v) is 6.95. The van der Waals surface area contributed by atoms with E-state index in [0.29, 0.717) is 0 Å². The highest BCUT2D eigenvalue weighted by molar-refractivity contribution is 6.30. The van der Waals surface area contributed by atoms with E-state index in [2.05, 4.69) is 29.3 Å². The Morgan fingerprint density at radius 3 is 2.26 bits per heavy atom. The van der Waals surface area contributed by atoms with Crippen LogP contribution >= 0.6 is 11.6 Å². The van der Waals surface area contributed by atoms with E-state index in [1.165, 1.54) is 28.2 Å². The zero-order chi connectivity index (χ0) is 26.2. The molecule has 1 amide bonds. The van der Waals surface area contributed by atoms with Crippen molar-refractivity contribution in [1.29, 1.82) is 0 Å². The molecule has 1 aromatic heterocycles. The van der Waals surface area contributed by atoms with Crippen LogP contribution in [0.3, 0.4) is 0 Å². The van der Waals surface area contributed by atoms with Crippen LogP contribution < -0.4 is 10.4 Å². The van der Waals surface area contributed by atoms with Gasteiger partial charge in [0.15, 0.2) is 11.4 Å². The first-order chi connectivity index (χ1) is 18.4. The summed E-state index contributed by atoms with van der Waals surface area (Å²) in [5.74, 6) is -1.61. The Morgan fingerprint density at radius 1 is 0.921 bits per heavy atom. The largest absolute Gasteiger partial charge is 0.502 e. The van der Waals surface area contributed by atoms with Crippen LogP contribution in [0.25, 0.3) is 0 Å². The van der Waals surface area contributed by atoms with E-state index in [1.54, 1.807) is 23.0 Å². The molecule has 38 heavy (non-hydrogen) atoms. The molecule has 7 rings (SSSR count). The van der Waals surface area contributed by atoms with Crippen LogP contribution in [-0.4, -0.2) is 27.3 Å². The number of aromatic hydroxyl groups is 1. The second-order valence-corrected chi connectivity index (χ2v) is 10.6. The SMILES string of the molecule is O=C1c2c(O)c(=O)ccn2N(C23c4ccccc4CC2Cc2ccccc23)CN1Cc1cccc(Cl)c1F. The van der Waals surface area contributed by atoms with Crippen LogP contribution in [0.2, 0.25) is 5.02 Å². The molecule has 0 bridgehead atoms. The first-order valence-corrected chi connectivity index (χ1v) is 12.9. The summed E-state index contributed by atoms with van der Waals surface area (Å²) in [6.45, 7) is 0.0353. The van der Waals surface area contributed by atoms with Crippen LogP contribution in [-0.2, 0) is 24.9 Å². The number of amides is 1. The van der Waals surface area contributed by atoms with Gasteiger partial charge < -0.3 is 10.0 Å². The average Bonchev–Trinajstić information content (AvgIpc) is 3.41. The van der Waals surface area contributed by atoms with Gasteiger partial charge in [-0.2, -0.15) is 0 Å². The molecule has 0 fully saturated rings. The minimum Gasteiger partial charge on any atom is -0.502 e. The normalized spacial score (nSPS) is 21.2. The number of hydrogen-bond acceptors (Lipinski definition) is 4. The standard InChI is InChI=1S/C30H23ClFN3O3/c31-24-11-5-8-20(26(24)32)16-33-17-35(34-13-12-25(36)28(37)27(34)29(33)38)30-21(14-18-6-1-3-9-22(18)30)15-19-7-2-4-10-23(19)30/h1-13,21,37H,14-17H2. The monoisotopic (exact) mass is 527 g/mol. The molecule has 3 aliphatic rings. The molecular formula is C30H23ClFN3O3. The summed E-state index contributed by atoms with van der Waals surface area (Å²) < 4.78 is 16.6. The Labute approximate surface area is 223 Å². The number of hydrogen-bond donors (Lipinski definition) is 1. The third-order valence-corrected chi connectivity index (χ3v) is 8.58. The average molecular weight is 528 g/mol. The van der Waals surface area contributed by atoms with Crippen molar-refractivity contribution in [2.45, 2.75) is 24.9 Å². The molecular weight excluding hydrogens is 505 g/mol. The molecule has 1 N–H and O–H groups in total. The van der Waals surface area contributed by atoms with E-state index >= 15 is 0 Å². The molecule has 3 aromatic carbocycles. The number of carbonyl (C=O) groups excluding carboxylic acids is 1. The second-order valence-electron chi connectivity index (χ2n) is 10.2. The fourth-order valence-electron chi connectivity index (χ4n) is 6.75. The first-order valence-electron chi connectivity index (χ1n) is 12.5. The molecule has 0 saturated carbocycles. The Balaban J connectivity index is 1.48. The molecule has 0 radical (unpaired) electrons. The van der Waals surface area contributed by atoms with Crippen LogP contribution in [0.1, 0.15) is 38.3 Å². The highest BCUT2D eigenvalue weighted by atomic mass is 35.5. The number of rotatable bonds is 3. The van der Waals surface area contributed by atoms with Gasteiger partial charge in [-0.05, 0) is 41.2 Å². The lowest BCUT2D eigenvalue weighted by Crippen LogP contribution is -2.63. The van der Waals surface area contributed by atoms with Crippen molar-refractivity contribution < 1.29 is 14.3 Å². The molecule has 1 aliphatic heterocycles. The Kier molecular flexibility index (Phi) is 4.97. The van der Waals surface area contributed by atoms with E-state index in [-0.39, 0.29) is 35.4 Å². The lowest BCUT2D eigenvalue weighted by molar-refractivity contribution is 0.0629. The molecule has 0 spiro atoms. The maximum Gasteiger partial charge on any atom is 0.278 e. The molecule has 0 saturated heterocycles. The summed E-state index contributed by atoms with van der Waals surface area (Å²) in [6, 6.07) is 22.6. The topological polar surface area (TPSA) is 65.8 Å². The van der Waals surface area contributed by atoms with Gasteiger partial charge in [-0.1, -0.05) is 72.3 Å². The molecule has 6 nitrogen and oxygen atoms in total. The first kappa shape index (κ1) is 23.0. The van der Waals surface area contributed by atoms with Crippen molar-refractivity contribution in [3.8, 4) is 5.75 Å². The van der Waals surface area contributed by atoms with Gasteiger partial charge in [0.2, 0.25) is 5.43 Å². The van der Waals surface area contributed by atoms with Gasteiger partial charge in [-0.15, -0.1) is 0 Å². The fraction of sp³-hybridized carbons (Fsp3) is 0.200. The number of nitrogens with zero attached hydrogens (tertiary/aromatic N) is 3. The Hall–Kier alpha value is -4.10. The summed E-state index contributed by atoms with van der Waals surface area (Å²) >= 11 is 6.04. The summed E-state index contributed by atoms with van der Waals surface area (Å²) in [6.07, 6.45) is 3.25. The van der Waals surface area contributed by atoms with Gasteiger partial charge in [0.05, 0.1) is 11.6 Å². The molecule has 8 heteroatoms. The van der Waals surface area contributed by atoms with Crippen molar-refractivity contribution in [3.63, 3.8) is 0 Å². The predicted octanol–water partition coefficient (Wildman–Crippen LogP) is 4.57. The van der Waals surface area contributed by atoms with E-state index in [0.717, 1.165) is 24.0 Å².